The second kappa shape index (κ2) is 15.5. The lowest BCUT2D eigenvalue weighted by Crippen LogP contribution is -2.22. The fourth-order valence-corrected chi connectivity index (χ4v) is 10.0. The Morgan fingerprint density at radius 2 is 0.708 bits per heavy atom. The van der Waals surface area contributed by atoms with E-state index in [9.17, 15) is 9.59 Å². The molecule has 0 N–H and O–H groups in total. The zero-order chi connectivity index (χ0) is 33.3. The van der Waals surface area contributed by atoms with E-state index >= 15 is 0 Å². The van der Waals surface area contributed by atoms with Gasteiger partial charge in [0.1, 0.15) is 11.5 Å². The number of carbonyl (C=O) groups is 2. The number of esters is 2. The van der Waals surface area contributed by atoms with Gasteiger partial charge in [0.15, 0.2) is 0 Å². The van der Waals surface area contributed by atoms with Gasteiger partial charge in [-0.15, -0.1) is 0 Å². The van der Waals surface area contributed by atoms with Crippen molar-refractivity contribution in [2.24, 2.45) is 0 Å². The lowest BCUT2D eigenvalue weighted by atomic mass is 10.0. The molecule has 4 nitrogen and oxygen atoms in total. The highest BCUT2D eigenvalue weighted by atomic mass is 31.1. The van der Waals surface area contributed by atoms with Crippen molar-refractivity contribution in [3.8, 4) is 22.6 Å². The molecular formula is C42H32O4P2. The Balaban J connectivity index is 1.61. The third kappa shape index (κ3) is 7.42. The summed E-state index contributed by atoms with van der Waals surface area (Å²) in [6, 6.07) is 53.2. The standard InChI is InChI=1S/C42H32O4P2/c1-3-41(43)45-39-27-25-35(47(31-17-9-5-10-18-31)32-19-11-6-12-20-32)29-37(39)38-30-36(26-28-40(38)46-42(44)4-2)48(33-21-13-7-14-22-33)34-23-15-8-16-24-34/h3-30H,1-2H2. The third-order valence-electron chi connectivity index (χ3n) is 7.54. The molecule has 0 fully saturated rings. The van der Waals surface area contributed by atoms with Gasteiger partial charge in [-0.1, -0.05) is 147 Å². The van der Waals surface area contributed by atoms with Crippen molar-refractivity contribution in [1.82, 2.24) is 0 Å². The van der Waals surface area contributed by atoms with E-state index in [1.807, 2.05) is 97.1 Å². The fraction of sp³-hybridized carbons (Fsp3) is 0. The van der Waals surface area contributed by atoms with Crippen molar-refractivity contribution in [2.75, 3.05) is 0 Å². The Kier molecular flexibility index (Phi) is 10.5. The van der Waals surface area contributed by atoms with Crippen LogP contribution < -0.4 is 41.3 Å². The van der Waals surface area contributed by atoms with Gasteiger partial charge >= 0.3 is 11.9 Å². The number of hydrogen-bond donors (Lipinski definition) is 0. The molecule has 234 valence electrons. The first-order valence-corrected chi connectivity index (χ1v) is 18.0. The van der Waals surface area contributed by atoms with E-state index in [0.717, 1.165) is 22.8 Å². The molecule has 0 aliphatic rings. The largest absolute Gasteiger partial charge is 0.423 e. The summed E-state index contributed by atoms with van der Waals surface area (Å²) in [5.41, 5.74) is 1.23. The quantitative estimate of drug-likeness (QED) is 0.0646. The maximum atomic E-state index is 12.6. The molecular weight excluding hydrogens is 630 g/mol. The average molecular weight is 663 g/mol. The molecule has 6 heteroatoms. The van der Waals surface area contributed by atoms with E-state index in [1.165, 1.54) is 21.2 Å². The van der Waals surface area contributed by atoms with Gasteiger partial charge < -0.3 is 9.47 Å². The first-order valence-electron chi connectivity index (χ1n) is 15.3. The lowest BCUT2D eigenvalue weighted by molar-refractivity contribution is -0.129. The third-order valence-corrected chi connectivity index (χ3v) is 12.4. The SMILES string of the molecule is C=CC(=O)Oc1ccc(P(c2ccccc2)c2ccccc2)cc1-c1cc(P(c2ccccc2)c2ccccc2)ccc1OC(=O)C=C. The van der Waals surface area contributed by atoms with E-state index in [2.05, 4.69) is 73.8 Å². The van der Waals surface area contributed by atoms with Crippen LogP contribution in [0, 0.1) is 0 Å². The molecule has 0 aromatic heterocycles. The fourth-order valence-electron chi connectivity index (χ4n) is 5.42. The van der Waals surface area contributed by atoms with Crippen LogP contribution in [0.4, 0.5) is 0 Å². The molecule has 0 bridgehead atoms. The molecule has 0 saturated carbocycles. The summed E-state index contributed by atoms with van der Waals surface area (Å²) >= 11 is 0. The minimum absolute atomic E-state index is 0.330. The molecule has 0 spiro atoms. The van der Waals surface area contributed by atoms with Crippen LogP contribution in [-0.4, -0.2) is 11.9 Å². The van der Waals surface area contributed by atoms with Gasteiger partial charge in [-0.3, -0.25) is 0 Å². The molecule has 0 amide bonds. The lowest BCUT2D eigenvalue weighted by Gasteiger charge is -2.23. The Labute approximate surface area is 283 Å². The molecule has 0 aliphatic carbocycles. The monoisotopic (exact) mass is 662 g/mol. The van der Waals surface area contributed by atoms with Crippen molar-refractivity contribution in [3.05, 3.63) is 183 Å². The van der Waals surface area contributed by atoms with Gasteiger partial charge in [-0.05, 0) is 71.9 Å². The van der Waals surface area contributed by atoms with Crippen LogP contribution in [0.3, 0.4) is 0 Å². The van der Waals surface area contributed by atoms with Crippen LogP contribution in [0.2, 0.25) is 0 Å². The molecule has 48 heavy (non-hydrogen) atoms. The van der Waals surface area contributed by atoms with Gasteiger partial charge in [0, 0.05) is 23.3 Å². The highest BCUT2D eigenvalue weighted by molar-refractivity contribution is 7.80. The Hall–Kier alpha value is -5.40. The summed E-state index contributed by atoms with van der Waals surface area (Å²) in [4.78, 5) is 25.3. The normalized spacial score (nSPS) is 10.8. The predicted octanol–water partition coefficient (Wildman–Crippen LogP) is 7.05. The number of carbonyl (C=O) groups excluding carboxylic acids is 2. The second-order valence-corrected chi connectivity index (χ2v) is 15.1. The van der Waals surface area contributed by atoms with Gasteiger partial charge in [0.25, 0.3) is 0 Å². The first-order chi connectivity index (χ1) is 23.6. The number of ether oxygens (including phenoxy) is 2. The van der Waals surface area contributed by atoms with E-state index in [-0.39, 0.29) is 0 Å². The maximum Gasteiger partial charge on any atom is 0.335 e. The number of benzene rings is 6. The number of rotatable bonds is 11. The molecule has 0 saturated heterocycles. The molecule has 0 unspecified atom stereocenters. The molecule has 0 heterocycles. The summed E-state index contributed by atoms with van der Waals surface area (Å²) in [6.07, 6.45) is 2.27. The average Bonchev–Trinajstić information content (AvgIpc) is 3.14. The summed E-state index contributed by atoms with van der Waals surface area (Å²) in [5, 5.41) is 6.76. The number of hydrogen-bond acceptors (Lipinski definition) is 4. The molecule has 6 rings (SSSR count). The highest BCUT2D eigenvalue weighted by Crippen LogP contribution is 2.42. The van der Waals surface area contributed by atoms with Crippen molar-refractivity contribution >= 4 is 59.6 Å². The van der Waals surface area contributed by atoms with Crippen LogP contribution >= 0.6 is 15.8 Å². The van der Waals surface area contributed by atoms with Gasteiger partial charge in [-0.2, -0.15) is 0 Å². The summed E-state index contributed by atoms with van der Waals surface area (Å²) < 4.78 is 11.7. The van der Waals surface area contributed by atoms with E-state index in [0.29, 0.717) is 22.6 Å². The minimum atomic E-state index is -0.991. The van der Waals surface area contributed by atoms with Crippen LogP contribution in [0.5, 0.6) is 11.5 Å². The molecule has 0 radical (unpaired) electrons. The van der Waals surface area contributed by atoms with Crippen LogP contribution in [-0.2, 0) is 9.59 Å². The van der Waals surface area contributed by atoms with Crippen molar-refractivity contribution in [1.29, 1.82) is 0 Å². The second-order valence-electron chi connectivity index (χ2n) is 10.6. The van der Waals surface area contributed by atoms with Crippen molar-refractivity contribution < 1.29 is 19.1 Å². The predicted molar refractivity (Wildman–Crippen MR) is 201 cm³/mol. The summed E-state index contributed by atoms with van der Waals surface area (Å²) in [5.74, 6) is -0.518. The highest BCUT2D eigenvalue weighted by Gasteiger charge is 2.24. The maximum absolute atomic E-state index is 12.6. The van der Waals surface area contributed by atoms with Gasteiger partial charge in [0.2, 0.25) is 0 Å². The summed E-state index contributed by atoms with van der Waals surface area (Å²) in [7, 11) is -1.98. The molecule has 6 aromatic carbocycles. The van der Waals surface area contributed by atoms with E-state index < -0.39 is 27.8 Å². The van der Waals surface area contributed by atoms with E-state index in [4.69, 9.17) is 9.47 Å². The van der Waals surface area contributed by atoms with Gasteiger partial charge in [-0.25, -0.2) is 9.59 Å². The first kappa shape index (κ1) is 32.5. The zero-order valence-corrected chi connectivity index (χ0v) is 27.9. The minimum Gasteiger partial charge on any atom is -0.423 e. The van der Waals surface area contributed by atoms with Crippen LogP contribution in [0.25, 0.3) is 11.1 Å². The molecule has 0 atom stereocenters. The van der Waals surface area contributed by atoms with E-state index in [1.54, 1.807) is 0 Å². The molecule has 0 aliphatic heterocycles. The van der Waals surface area contributed by atoms with Crippen LogP contribution in [0.1, 0.15) is 0 Å². The topological polar surface area (TPSA) is 52.6 Å². The van der Waals surface area contributed by atoms with Gasteiger partial charge in [0.05, 0.1) is 0 Å². The van der Waals surface area contributed by atoms with Crippen LogP contribution in [0.15, 0.2) is 183 Å². The molecule has 6 aromatic rings. The van der Waals surface area contributed by atoms with Crippen molar-refractivity contribution in [2.45, 2.75) is 0 Å². The zero-order valence-electron chi connectivity index (χ0n) is 26.1. The summed E-state index contributed by atoms with van der Waals surface area (Å²) in [6.45, 7) is 7.22. The smallest absolute Gasteiger partial charge is 0.335 e. The Bertz CT molecular complexity index is 1820. The Morgan fingerprint density at radius 3 is 0.979 bits per heavy atom. The Morgan fingerprint density at radius 1 is 0.417 bits per heavy atom. The van der Waals surface area contributed by atoms with Crippen molar-refractivity contribution in [3.63, 3.8) is 0 Å².